The molecule has 0 aliphatic rings. The van der Waals surface area contributed by atoms with Gasteiger partial charge in [0.25, 0.3) is 0 Å². The lowest BCUT2D eigenvalue weighted by atomic mass is 10.0. The van der Waals surface area contributed by atoms with Crippen LogP contribution in [0.15, 0.2) is 0 Å². The van der Waals surface area contributed by atoms with E-state index in [1.165, 1.54) is 109 Å². The summed E-state index contributed by atoms with van der Waals surface area (Å²) in [5.41, 5.74) is 0. The second-order valence-electron chi connectivity index (χ2n) is 11.1. The van der Waals surface area contributed by atoms with Crippen molar-refractivity contribution in [3.8, 4) is 0 Å². The van der Waals surface area contributed by atoms with E-state index in [0.29, 0.717) is 26.1 Å². The van der Waals surface area contributed by atoms with E-state index in [9.17, 15) is 9.59 Å². The van der Waals surface area contributed by atoms with Crippen molar-refractivity contribution in [1.29, 1.82) is 0 Å². The molecule has 0 N–H and O–H groups in total. The van der Waals surface area contributed by atoms with Gasteiger partial charge in [-0.2, -0.15) is 0 Å². The van der Waals surface area contributed by atoms with E-state index < -0.39 is 0 Å². The smallest absolute Gasteiger partial charge is 0.305 e. The highest BCUT2D eigenvalue weighted by Gasteiger charge is 2.04. The molecular weight excluding hydrogens is 460 g/mol. The van der Waals surface area contributed by atoms with E-state index in [-0.39, 0.29) is 11.9 Å². The second kappa shape index (κ2) is 31.2. The van der Waals surface area contributed by atoms with Gasteiger partial charge in [-0.1, -0.05) is 149 Å². The minimum atomic E-state index is -0.0419. The van der Waals surface area contributed by atoms with Crippen LogP contribution >= 0.6 is 0 Å². The van der Waals surface area contributed by atoms with Crippen molar-refractivity contribution in [2.45, 2.75) is 187 Å². The van der Waals surface area contributed by atoms with Gasteiger partial charge < -0.3 is 9.47 Å². The first kappa shape index (κ1) is 35.9. The van der Waals surface area contributed by atoms with Crippen LogP contribution in [0.1, 0.15) is 187 Å². The van der Waals surface area contributed by atoms with Crippen molar-refractivity contribution in [2.24, 2.45) is 0 Å². The molecule has 0 rings (SSSR count). The van der Waals surface area contributed by atoms with E-state index in [0.717, 1.165) is 51.4 Å². The molecule has 0 aromatic carbocycles. The largest absolute Gasteiger partial charge is 0.466 e. The molecule has 0 aromatic heterocycles. The Morgan fingerprint density at radius 3 is 0.892 bits per heavy atom. The van der Waals surface area contributed by atoms with Crippen LogP contribution in [0.5, 0.6) is 0 Å². The molecule has 0 radical (unpaired) electrons. The number of carbonyl (C=O) groups excluding carboxylic acids is 2. The van der Waals surface area contributed by atoms with E-state index in [1.54, 1.807) is 0 Å². The lowest BCUT2D eigenvalue weighted by molar-refractivity contribution is -0.144. The summed E-state index contributed by atoms with van der Waals surface area (Å²) >= 11 is 0. The van der Waals surface area contributed by atoms with Gasteiger partial charge in [-0.25, -0.2) is 0 Å². The molecule has 0 aromatic rings. The van der Waals surface area contributed by atoms with Crippen LogP contribution in [0.2, 0.25) is 0 Å². The maximum atomic E-state index is 11.9. The number of unbranched alkanes of at least 4 members (excludes halogenated alkanes) is 22. The van der Waals surface area contributed by atoms with Gasteiger partial charge in [0.15, 0.2) is 0 Å². The van der Waals surface area contributed by atoms with Crippen LogP contribution in [-0.2, 0) is 19.1 Å². The summed E-state index contributed by atoms with van der Waals surface area (Å²) in [6.45, 7) is 5.67. The Morgan fingerprint density at radius 2 is 0.595 bits per heavy atom. The predicted molar refractivity (Wildman–Crippen MR) is 158 cm³/mol. The molecule has 0 bridgehead atoms. The lowest BCUT2D eigenvalue weighted by Crippen LogP contribution is -2.06. The van der Waals surface area contributed by atoms with Crippen LogP contribution in [0, 0.1) is 0 Å². The Bertz CT molecular complexity index is 477. The van der Waals surface area contributed by atoms with Crippen LogP contribution in [0.3, 0.4) is 0 Å². The molecule has 0 saturated heterocycles. The highest BCUT2D eigenvalue weighted by atomic mass is 16.5. The number of esters is 2. The SMILES string of the molecule is CCCCCCCCCCCCCCCOC(=O)CCCCCCCCC(=O)OCCCCCCCC. The first-order valence-electron chi connectivity index (χ1n) is 16.5. The number of ether oxygens (including phenoxy) is 2. The number of carbonyl (C=O) groups is 2. The van der Waals surface area contributed by atoms with E-state index in [4.69, 9.17) is 9.47 Å². The van der Waals surface area contributed by atoms with Gasteiger partial charge in [-0.3, -0.25) is 9.59 Å². The summed E-state index contributed by atoms with van der Waals surface area (Å²) in [4.78, 5) is 23.6. The molecule has 0 fully saturated rings. The molecule has 0 heterocycles. The minimum Gasteiger partial charge on any atom is -0.466 e. The Hall–Kier alpha value is -1.06. The fourth-order valence-corrected chi connectivity index (χ4v) is 4.76. The topological polar surface area (TPSA) is 52.6 Å². The maximum Gasteiger partial charge on any atom is 0.305 e. The van der Waals surface area contributed by atoms with Gasteiger partial charge in [0.2, 0.25) is 0 Å². The van der Waals surface area contributed by atoms with E-state index in [1.807, 2.05) is 0 Å². The van der Waals surface area contributed by atoms with Crippen LogP contribution in [0.4, 0.5) is 0 Å². The van der Waals surface area contributed by atoms with E-state index >= 15 is 0 Å². The second-order valence-corrected chi connectivity index (χ2v) is 11.1. The normalized spacial score (nSPS) is 11.1. The van der Waals surface area contributed by atoms with Crippen molar-refractivity contribution in [3.63, 3.8) is 0 Å². The third kappa shape index (κ3) is 31.1. The zero-order chi connectivity index (χ0) is 27.1. The zero-order valence-electron chi connectivity index (χ0n) is 25.1. The molecule has 0 spiro atoms. The van der Waals surface area contributed by atoms with Crippen LogP contribution in [0.25, 0.3) is 0 Å². The molecule has 4 nitrogen and oxygen atoms in total. The predicted octanol–water partition coefficient (Wildman–Crippen LogP) is 10.6. The molecule has 220 valence electrons. The first-order valence-corrected chi connectivity index (χ1v) is 16.5. The van der Waals surface area contributed by atoms with Gasteiger partial charge in [0.05, 0.1) is 13.2 Å². The van der Waals surface area contributed by atoms with Crippen molar-refractivity contribution >= 4 is 11.9 Å². The van der Waals surface area contributed by atoms with Gasteiger partial charge >= 0.3 is 11.9 Å². The summed E-state index contributed by atoms with van der Waals surface area (Å²) in [6, 6.07) is 0. The third-order valence-electron chi connectivity index (χ3n) is 7.28. The summed E-state index contributed by atoms with van der Waals surface area (Å²) in [5.74, 6) is -0.0770. The highest BCUT2D eigenvalue weighted by Crippen LogP contribution is 2.13. The van der Waals surface area contributed by atoms with Crippen LogP contribution in [-0.4, -0.2) is 25.2 Å². The van der Waals surface area contributed by atoms with Crippen LogP contribution < -0.4 is 0 Å². The molecule has 0 atom stereocenters. The molecule has 37 heavy (non-hydrogen) atoms. The minimum absolute atomic E-state index is 0.0351. The van der Waals surface area contributed by atoms with Gasteiger partial charge in [0.1, 0.15) is 0 Å². The van der Waals surface area contributed by atoms with Gasteiger partial charge in [0, 0.05) is 12.8 Å². The van der Waals surface area contributed by atoms with Crippen molar-refractivity contribution in [3.05, 3.63) is 0 Å². The quantitative estimate of drug-likeness (QED) is 0.0692. The molecule has 4 heteroatoms. The zero-order valence-corrected chi connectivity index (χ0v) is 25.1. The maximum absolute atomic E-state index is 11.9. The van der Waals surface area contributed by atoms with Crippen molar-refractivity contribution in [2.75, 3.05) is 13.2 Å². The molecule has 0 saturated carbocycles. The molecule has 0 amide bonds. The Morgan fingerprint density at radius 1 is 0.351 bits per heavy atom. The Kier molecular flexibility index (Phi) is 30.3. The number of rotatable bonds is 30. The average molecular weight is 525 g/mol. The molecule has 0 aliphatic heterocycles. The Balaban J connectivity index is 3.24. The standard InChI is InChI=1S/C33H64O4/c1-3-5-7-9-11-12-13-14-15-16-19-23-27-31-37-33(35)29-25-21-18-17-20-24-28-32(34)36-30-26-22-10-8-6-4-2/h3-31H2,1-2H3. The monoisotopic (exact) mass is 524 g/mol. The lowest BCUT2D eigenvalue weighted by Gasteiger charge is -2.06. The molecule has 0 aliphatic carbocycles. The average Bonchev–Trinajstić information content (AvgIpc) is 2.89. The summed E-state index contributed by atoms with van der Waals surface area (Å²) in [7, 11) is 0. The van der Waals surface area contributed by atoms with E-state index in [2.05, 4.69) is 13.8 Å². The van der Waals surface area contributed by atoms with Crippen molar-refractivity contribution in [1.82, 2.24) is 0 Å². The summed E-state index contributed by atoms with van der Waals surface area (Å²) in [6.07, 6.45) is 31.9. The first-order chi connectivity index (χ1) is 18.2. The number of hydrogen-bond donors (Lipinski definition) is 0. The Labute approximate surface area is 231 Å². The number of hydrogen-bond acceptors (Lipinski definition) is 4. The molecular formula is C33H64O4. The summed E-state index contributed by atoms with van der Waals surface area (Å²) < 4.78 is 10.7. The third-order valence-corrected chi connectivity index (χ3v) is 7.28. The highest BCUT2D eigenvalue weighted by molar-refractivity contribution is 5.69. The van der Waals surface area contributed by atoms with Gasteiger partial charge in [-0.15, -0.1) is 0 Å². The van der Waals surface area contributed by atoms with Crippen molar-refractivity contribution < 1.29 is 19.1 Å². The van der Waals surface area contributed by atoms with Gasteiger partial charge in [-0.05, 0) is 25.7 Å². The fourth-order valence-electron chi connectivity index (χ4n) is 4.76. The fraction of sp³-hybridized carbons (Fsp3) is 0.939. The molecule has 0 unspecified atom stereocenters. The summed E-state index contributed by atoms with van der Waals surface area (Å²) in [5, 5.41) is 0.